The topological polar surface area (TPSA) is 46.6 Å². The number of hydrogen-bond acceptors (Lipinski definition) is 3. The normalized spacial score (nSPS) is 16.8. The van der Waals surface area contributed by atoms with Crippen LogP contribution in [0.5, 0.6) is 5.75 Å². The second-order valence-electron chi connectivity index (χ2n) is 4.97. The molecule has 1 fully saturated rings. The van der Waals surface area contributed by atoms with Crippen molar-refractivity contribution in [3.05, 3.63) is 29.8 Å². The first kappa shape index (κ1) is 13.6. The maximum Gasteiger partial charge on any atom is 0.230 e. The van der Waals surface area contributed by atoms with Crippen molar-refractivity contribution in [1.82, 2.24) is 4.90 Å². The molecule has 1 heterocycles. The molecular formula is C15H19NO3. The summed E-state index contributed by atoms with van der Waals surface area (Å²) in [7, 11) is 1.65. The van der Waals surface area contributed by atoms with Gasteiger partial charge in [0.2, 0.25) is 5.91 Å². The minimum atomic E-state index is -0.0350. The predicted octanol–water partition coefficient (Wildman–Crippen LogP) is 1.82. The van der Waals surface area contributed by atoms with Gasteiger partial charge in [-0.2, -0.15) is 0 Å². The standard InChI is InChI=1S/C15H19NO3/c1-11(16-10-13(17)9-15(16)18)3-4-12-5-7-14(19-2)8-6-12/h5-8,11H,3-4,9-10H2,1-2H3. The van der Waals surface area contributed by atoms with Gasteiger partial charge in [-0.3, -0.25) is 9.59 Å². The van der Waals surface area contributed by atoms with Crippen molar-refractivity contribution < 1.29 is 14.3 Å². The van der Waals surface area contributed by atoms with E-state index in [0.717, 1.165) is 18.6 Å². The number of carbonyl (C=O) groups is 2. The highest BCUT2D eigenvalue weighted by Crippen LogP contribution is 2.17. The van der Waals surface area contributed by atoms with E-state index in [2.05, 4.69) is 0 Å². The van der Waals surface area contributed by atoms with Crippen LogP contribution < -0.4 is 4.74 Å². The molecule has 4 nitrogen and oxygen atoms in total. The summed E-state index contributed by atoms with van der Waals surface area (Å²) in [4.78, 5) is 24.5. The molecule has 1 aromatic rings. The number of carbonyl (C=O) groups excluding carboxylic acids is 2. The molecule has 4 heteroatoms. The van der Waals surface area contributed by atoms with Crippen LogP contribution in [0.4, 0.5) is 0 Å². The molecule has 1 aliphatic heterocycles. The first-order chi connectivity index (χ1) is 9.10. The number of Topliss-reactive ketones (excluding diaryl/α,β-unsaturated/α-hetero) is 1. The summed E-state index contributed by atoms with van der Waals surface area (Å²) in [5.41, 5.74) is 1.21. The summed E-state index contributed by atoms with van der Waals surface area (Å²) >= 11 is 0. The number of benzene rings is 1. The van der Waals surface area contributed by atoms with Crippen molar-refractivity contribution in [1.29, 1.82) is 0 Å². The van der Waals surface area contributed by atoms with E-state index in [4.69, 9.17) is 4.74 Å². The second kappa shape index (κ2) is 5.87. The zero-order chi connectivity index (χ0) is 13.8. The van der Waals surface area contributed by atoms with Gasteiger partial charge in [0.25, 0.3) is 0 Å². The third kappa shape index (κ3) is 3.34. The fourth-order valence-corrected chi connectivity index (χ4v) is 2.33. The second-order valence-corrected chi connectivity index (χ2v) is 4.97. The number of aryl methyl sites for hydroxylation is 1. The Hall–Kier alpha value is -1.84. The Morgan fingerprint density at radius 3 is 2.47 bits per heavy atom. The smallest absolute Gasteiger partial charge is 0.230 e. The quantitative estimate of drug-likeness (QED) is 0.759. The van der Waals surface area contributed by atoms with Crippen LogP contribution >= 0.6 is 0 Å². The van der Waals surface area contributed by atoms with Crippen molar-refractivity contribution in [3.63, 3.8) is 0 Å². The van der Waals surface area contributed by atoms with Gasteiger partial charge in [0.05, 0.1) is 20.1 Å². The first-order valence-electron chi connectivity index (χ1n) is 6.54. The van der Waals surface area contributed by atoms with Gasteiger partial charge in [-0.25, -0.2) is 0 Å². The maximum atomic E-state index is 11.6. The molecule has 0 saturated carbocycles. The molecule has 0 bridgehead atoms. The lowest BCUT2D eigenvalue weighted by Crippen LogP contribution is -2.34. The van der Waals surface area contributed by atoms with Gasteiger partial charge in [0.15, 0.2) is 5.78 Å². The molecule has 1 atom stereocenters. The molecule has 0 aromatic heterocycles. The molecule has 1 amide bonds. The molecule has 1 aromatic carbocycles. The molecule has 102 valence electrons. The third-order valence-corrected chi connectivity index (χ3v) is 3.56. The monoisotopic (exact) mass is 261 g/mol. The molecule has 0 spiro atoms. The zero-order valence-electron chi connectivity index (χ0n) is 11.4. The summed E-state index contributed by atoms with van der Waals surface area (Å²) in [5, 5.41) is 0. The Bertz CT molecular complexity index is 467. The molecule has 19 heavy (non-hydrogen) atoms. The van der Waals surface area contributed by atoms with Crippen LogP contribution in [0, 0.1) is 0 Å². The number of methoxy groups -OCH3 is 1. The van der Waals surface area contributed by atoms with Crippen LogP contribution in [0.15, 0.2) is 24.3 Å². The van der Waals surface area contributed by atoms with Gasteiger partial charge in [-0.1, -0.05) is 12.1 Å². The van der Waals surface area contributed by atoms with Crippen LogP contribution in [0.3, 0.4) is 0 Å². The van der Waals surface area contributed by atoms with Crippen molar-refractivity contribution in [2.45, 2.75) is 32.2 Å². The van der Waals surface area contributed by atoms with Crippen LogP contribution in [0.25, 0.3) is 0 Å². The van der Waals surface area contributed by atoms with E-state index in [9.17, 15) is 9.59 Å². The Morgan fingerprint density at radius 2 is 1.95 bits per heavy atom. The highest BCUT2D eigenvalue weighted by atomic mass is 16.5. The van der Waals surface area contributed by atoms with Crippen LogP contribution in [0.2, 0.25) is 0 Å². The highest BCUT2D eigenvalue weighted by molar-refractivity contribution is 6.05. The van der Waals surface area contributed by atoms with E-state index in [1.807, 2.05) is 31.2 Å². The molecule has 2 rings (SSSR count). The Kier molecular flexibility index (Phi) is 4.20. The average Bonchev–Trinajstić information content (AvgIpc) is 2.75. The predicted molar refractivity (Wildman–Crippen MR) is 72.1 cm³/mol. The molecule has 0 N–H and O–H groups in total. The van der Waals surface area contributed by atoms with Gasteiger partial charge in [0.1, 0.15) is 5.75 Å². The van der Waals surface area contributed by atoms with Gasteiger partial charge < -0.3 is 9.64 Å². The van der Waals surface area contributed by atoms with E-state index < -0.39 is 0 Å². The molecule has 0 radical (unpaired) electrons. The largest absolute Gasteiger partial charge is 0.497 e. The fraction of sp³-hybridized carbons (Fsp3) is 0.467. The Labute approximate surface area is 113 Å². The number of likely N-dealkylation sites (tertiary alicyclic amines) is 1. The number of hydrogen-bond donors (Lipinski definition) is 0. The number of amides is 1. The van der Waals surface area contributed by atoms with E-state index in [1.165, 1.54) is 5.56 Å². The number of ether oxygens (including phenoxy) is 1. The Balaban J connectivity index is 1.87. The number of ketones is 1. The van der Waals surface area contributed by atoms with E-state index >= 15 is 0 Å². The summed E-state index contributed by atoms with van der Waals surface area (Å²) in [6.45, 7) is 2.28. The van der Waals surface area contributed by atoms with Crippen molar-refractivity contribution >= 4 is 11.7 Å². The summed E-state index contributed by atoms with van der Waals surface area (Å²) < 4.78 is 5.11. The minimum Gasteiger partial charge on any atom is -0.497 e. The van der Waals surface area contributed by atoms with Crippen molar-refractivity contribution in [3.8, 4) is 5.75 Å². The van der Waals surface area contributed by atoms with E-state index in [1.54, 1.807) is 12.0 Å². The van der Waals surface area contributed by atoms with Crippen LogP contribution in [0.1, 0.15) is 25.3 Å². The van der Waals surface area contributed by atoms with E-state index in [-0.39, 0.29) is 30.7 Å². The summed E-state index contributed by atoms with van der Waals surface area (Å²) in [6, 6.07) is 8.04. The maximum absolute atomic E-state index is 11.6. The molecule has 1 aliphatic rings. The lowest BCUT2D eigenvalue weighted by molar-refractivity contribution is -0.129. The van der Waals surface area contributed by atoms with Crippen LogP contribution in [-0.4, -0.2) is 36.3 Å². The highest BCUT2D eigenvalue weighted by Gasteiger charge is 2.30. The first-order valence-corrected chi connectivity index (χ1v) is 6.54. The molecule has 0 aliphatic carbocycles. The minimum absolute atomic E-state index is 0.0290. The molecule has 1 saturated heterocycles. The number of rotatable bonds is 5. The Morgan fingerprint density at radius 1 is 1.26 bits per heavy atom. The summed E-state index contributed by atoms with van der Waals surface area (Å²) in [6.07, 6.45) is 1.83. The molecular weight excluding hydrogens is 242 g/mol. The van der Waals surface area contributed by atoms with Gasteiger partial charge in [-0.15, -0.1) is 0 Å². The summed E-state index contributed by atoms with van der Waals surface area (Å²) in [5.74, 6) is 0.839. The third-order valence-electron chi connectivity index (χ3n) is 3.56. The van der Waals surface area contributed by atoms with Crippen LogP contribution in [-0.2, 0) is 16.0 Å². The number of nitrogens with zero attached hydrogens (tertiary/aromatic N) is 1. The van der Waals surface area contributed by atoms with Gasteiger partial charge in [0, 0.05) is 6.04 Å². The fourth-order valence-electron chi connectivity index (χ4n) is 2.33. The molecule has 1 unspecified atom stereocenters. The SMILES string of the molecule is COc1ccc(CCC(C)N2CC(=O)CC2=O)cc1. The van der Waals surface area contributed by atoms with Crippen molar-refractivity contribution in [2.75, 3.05) is 13.7 Å². The van der Waals surface area contributed by atoms with Crippen molar-refractivity contribution in [2.24, 2.45) is 0 Å². The van der Waals surface area contributed by atoms with Gasteiger partial charge >= 0.3 is 0 Å². The lowest BCUT2D eigenvalue weighted by atomic mass is 10.1. The average molecular weight is 261 g/mol. The van der Waals surface area contributed by atoms with Gasteiger partial charge in [-0.05, 0) is 37.5 Å². The van der Waals surface area contributed by atoms with E-state index in [0.29, 0.717) is 0 Å². The lowest BCUT2D eigenvalue weighted by Gasteiger charge is -2.23. The zero-order valence-corrected chi connectivity index (χ0v) is 11.4.